The van der Waals surface area contributed by atoms with Gasteiger partial charge in [0.25, 0.3) is 6.43 Å². The molecule has 4 N–H and O–H groups in total. The molecule has 0 spiro atoms. The molecule has 2 aliphatic rings. The number of fused-ring (bicyclic) bond motifs is 1. The molecular weight excluding hydrogens is 633 g/mol. The van der Waals surface area contributed by atoms with E-state index >= 15 is 0 Å². The summed E-state index contributed by atoms with van der Waals surface area (Å²) in [6.45, 7) is 1.58. The van der Waals surface area contributed by atoms with Crippen molar-refractivity contribution in [2.24, 2.45) is 0 Å². The number of aromatic nitrogens is 3. The van der Waals surface area contributed by atoms with Crippen molar-refractivity contribution in [1.29, 1.82) is 0 Å². The molecule has 3 heterocycles. The van der Waals surface area contributed by atoms with Gasteiger partial charge in [-0.15, -0.1) is 0 Å². The monoisotopic (exact) mass is 666 g/mol. The quantitative estimate of drug-likeness (QED) is 0.160. The summed E-state index contributed by atoms with van der Waals surface area (Å²) < 4.78 is 66.4. The minimum atomic E-state index is -2.68. The third-order valence-corrected chi connectivity index (χ3v) is 8.85. The number of H-pyrrole nitrogens is 1. The van der Waals surface area contributed by atoms with E-state index < -0.39 is 29.8 Å². The predicted octanol–water partition coefficient (Wildman–Crippen LogP) is 6.32. The Morgan fingerprint density at radius 2 is 2.09 bits per heavy atom. The van der Waals surface area contributed by atoms with Crippen LogP contribution in [0, 0.1) is 6.92 Å². The number of hydrogen-bond acceptors (Lipinski definition) is 7. The number of nitrogen functional groups attached to an aromatic ring is 1. The molecule has 246 valence electrons. The molecule has 6 rings (SSSR count). The number of halogens is 3. The maximum atomic E-state index is 14.1. The third kappa shape index (κ3) is 6.92. The predicted molar refractivity (Wildman–Crippen MR) is 175 cm³/mol. The molecule has 0 bridgehead atoms. The van der Waals surface area contributed by atoms with Crippen molar-refractivity contribution in [1.82, 2.24) is 19.1 Å². The number of alkyl halides is 2. The van der Waals surface area contributed by atoms with E-state index in [1.54, 1.807) is 59.2 Å². The van der Waals surface area contributed by atoms with Gasteiger partial charge in [0.05, 0.1) is 28.8 Å². The van der Waals surface area contributed by atoms with Crippen LogP contribution in [0.25, 0.3) is 16.6 Å². The molecule has 47 heavy (non-hydrogen) atoms. The smallest absolute Gasteiger partial charge is 0.272 e. The molecule has 1 aliphatic carbocycles. The average Bonchev–Trinajstić information content (AvgIpc) is 3.64. The molecule has 14 heteroatoms. The van der Waals surface area contributed by atoms with Crippen LogP contribution in [-0.2, 0) is 11.0 Å². The fraction of sp³-hybridized carbons (Fsp3) is 0.273. The average molecular weight is 667 g/mol. The topological polar surface area (TPSA) is 127 Å². The summed E-state index contributed by atoms with van der Waals surface area (Å²) in [6.07, 6.45) is 8.92. The number of hydrogen-bond donors (Lipinski definition) is 3. The lowest BCUT2D eigenvalue weighted by Gasteiger charge is -2.27. The SMILES string of the molecule is Cc1cc(OC2=C(F)CCC=C2)ccc1-n1ncc(C(=O)c2cc3cc(OCC(F)F)c(NC4C=CN(S(C)=O)CC4)cc3[nH]2)c1N. The first kappa shape index (κ1) is 32.0. The summed E-state index contributed by atoms with van der Waals surface area (Å²) in [4.78, 5) is 16.8. The molecule has 4 aromatic rings. The Hall–Kier alpha value is -4.98. The lowest BCUT2D eigenvalue weighted by atomic mass is 10.1. The van der Waals surface area contributed by atoms with Gasteiger partial charge in [-0.05, 0) is 73.9 Å². The van der Waals surface area contributed by atoms with E-state index in [-0.39, 0.29) is 40.5 Å². The van der Waals surface area contributed by atoms with Gasteiger partial charge in [0.1, 0.15) is 40.7 Å². The van der Waals surface area contributed by atoms with Crippen LogP contribution in [-0.4, -0.2) is 60.9 Å². The normalized spacial score (nSPS) is 17.1. The Kier molecular flexibility index (Phi) is 9.12. The number of aryl methyl sites for hydroxylation is 1. The number of ether oxygens (including phenoxy) is 2. The van der Waals surface area contributed by atoms with Crippen molar-refractivity contribution >= 4 is 39.2 Å². The van der Waals surface area contributed by atoms with Gasteiger partial charge in [0, 0.05) is 42.4 Å². The zero-order valence-corrected chi connectivity index (χ0v) is 26.5. The molecule has 2 aromatic carbocycles. The number of nitrogens with zero attached hydrogens (tertiary/aromatic N) is 3. The summed E-state index contributed by atoms with van der Waals surface area (Å²) in [5.74, 6) is 0.230. The number of carbonyl (C=O) groups is 1. The molecule has 0 saturated heterocycles. The Labute approximate surface area is 271 Å². The summed E-state index contributed by atoms with van der Waals surface area (Å²) in [6, 6.07) is 9.89. The molecule has 2 atom stereocenters. The van der Waals surface area contributed by atoms with Crippen LogP contribution in [0.1, 0.15) is 40.9 Å². The van der Waals surface area contributed by atoms with Gasteiger partial charge in [0.2, 0.25) is 5.78 Å². The number of aromatic amines is 1. The van der Waals surface area contributed by atoms with Crippen LogP contribution in [0.5, 0.6) is 11.5 Å². The Morgan fingerprint density at radius 1 is 1.26 bits per heavy atom. The first-order valence-electron chi connectivity index (χ1n) is 14.9. The molecule has 2 aromatic heterocycles. The van der Waals surface area contributed by atoms with Gasteiger partial charge in [-0.3, -0.25) is 9.10 Å². The molecule has 2 unspecified atom stereocenters. The van der Waals surface area contributed by atoms with E-state index in [2.05, 4.69) is 15.4 Å². The van der Waals surface area contributed by atoms with Crippen molar-refractivity contribution in [3.05, 3.63) is 95.4 Å². The van der Waals surface area contributed by atoms with E-state index in [1.807, 2.05) is 19.1 Å². The number of nitrogens with one attached hydrogen (secondary N) is 2. The van der Waals surface area contributed by atoms with Gasteiger partial charge in [-0.2, -0.15) is 5.10 Å². The van der Waals surface area contributed by atoms with Crippen molar-refractivity contribution in [3.8, 4) is 17.2 Å². The second-order valence-electron chi connectivity index (χ2n) is 11.2. The van der Waals surface area contributed by atoms with E-state index in [0.717, 1.165) is 5.56 Å². The zero-order chi connectivity index (χ0) is 33.2. The maximum Gasteiger partial charge on any atom is 0.272 e. The number of rotatable bonds is 11. The highest BCUT2D eigenvalue weighted by molar-refractivity contribution is 7.81. The summed E-state index contributed by atoms with van der Waals surface area (Å²) in [5.41, 5.74) is 9.20. The third-order valence-electron chi connectivity index (χ3n) is 7.89. The number of allylic oxidation sites excluding steroid dienone is 3. The largest absolute Gasteiger partial charge is 0.485 e. The molecule has 0 saturated carbocycles. The van der Waals surface area contributed by atoms with Crippen LogP contribution in [0.15, 0.2) is 78.6 Å². The molecular formula is C33H33F3N6O4S. The molecule has 10 nitrogen and oxygen atoms in total. The minimum absolute atomic E-state index is 0.115. The Balaban J connectivity index is 1.25. The van der Waals surface area contributed by atoms with Gasteiger partial charge in [0.15, 0.2) is 5.76 Å². The minimum Gasteiger partial charge on any atom is -0.485 e. The zero-order valence-electron chi connectivity index (χ0n) is 25.6. The van der Waals surface area contributed by atoms with Crippen LogP contribution < -0.4 is 20.5 Å². The second-order valence-corrected chi connectivity index (χ2v) is 12.5. The van der Waals surface area contributed by atoms with Crippen molar-refractivity contribution in [3.63, 3.8) is 0 Å². The number of carbonyl (C=O) groups excluding carboxylic acids is 1. The fourth-order valence-electron chi connectivity index (χ4n) is 5.47. The van der Waals surface area contributed by atoms with E-state index in [9.17, 15) is 22.2 Å². The van der Waals surface area contributed by atoms with Crippen LogP contribution in [0.2, 0.25) is 0 Å². The summed E-state index contributed by atoms with van der Waals surface area (Å²) in [5, 5.41) is 8.24. The fourth-order valence-corrected chi connectivity index (χ4v) is 6.07. The second kappa shape index (κ2) is 13.4. The lowest BCUT2D eigenvalue weighted by molar-refractivity contribution is 0.0823. The molecule has 0 radical (unpaired) electrons. The molecule has 1 aliphatic heterocycles. The highest BCUT2D eigenvalue weighted by atomic mass is 32.2. The summed E-state index contributed by atoms with van der Waals surface area (Å²) >= 11 is 0. The van der Waals surface area contributed by atoms with Gasteiger partial charge >= 0.3 is 0 Å². The highest BCUT2D eigenvalue weighted by Gasteiger charge is 2.23. The molecule has 0 fully saturated rings. The first-order chi connectivity index (χ1) is 22.6. The van der Waals surface area contributed by atoms with Crippen LogP contribution >= 0.6 is 0 Å². The van der Waals surface area contributed by atoms with Crippen LogP contribution in [0.4, 0.5) is 24.7 Å². The van der Waals surface area contributed by atoms with Crippen molar-refractivity contribution in [2.75, 3.05) is 30.5 Å². The summed E-state index contributed by atoms with van der Waals surface area (Å²) in [7, 11) is -1.14. The Bertz CT molecular complexity index is 1950. The highest BCUT2D eigenvalue weighted by Crippen LogP contribution is 2.34. The van der Waals surface area contributed by atoms with Crippen LogP contribution in [0.3, 0.4) is 0 Å². The van der Waals surface area contributed by atoms with E-state index in [4.69, 9.17) is 15.2 Å². The lowest BCUT2D eigenvalue weighted by Crippen LogP contribution is -2.31. The van der Waals surface area contributed by atoms with E-state index in [0.29, 0.717) is 53.8 Å². The number of benzene rings is 2. The maximum absolute atomic E-state index is 14.1. The van der Waals surface area contributed by atoms with Crippen molar-refractivity contribution < 1.29 is 31.6 Å². The van der Waals surface area contributed by atoms with E-state index in [1.165, 1.54) is 10.9 Å². The van der Waals surface area contributed by atoms with Gasteiger partial charge < -0.3 is 25.5 Å². The Morgan fingerprint density at radius 3 is 2.79 bits per heavy atom. The number of anilines is 2. The molecule has 0 amide bonds. The van der Waals surface area contributed by atoms with Crippen molar-refractivity contribution in [2.45, 2.75) is 38.7 Å². The first-order valence-corrected chi connectivity index (χ1v) is 16.4. The standard InChI is InChI=1S/C33H33F3N6O4S/c1-19-13-22(46-29-6-4-3-5-24(29)34)7-8-28(19)42-33(37)23(17-38-42)32(43)27-14-20-15-30(45-18-31(35)36)26(16-25(20)40-27)39-21-9-11-41(12-10-21)47(2)44/h4,6-9,11,13-17,21,31,39-40H,3,5,10,12,18,37H2,1-2H3. The van der Waals surface area contributed by atoms with Gasteiger partial charge in [-0.25, -0.2) is 22.1 Å². The number of ketones is 1. The number of nitrogens with two attached hydrogens (primary N) is 1. The van der Waals surface area contributed by atoms with Gasteiger partial charge in [-0.1, -0.05) is 6.08 Å².